The van der Waals surface area contributed by atoms with Crippen LogP contribution in [0, 0.1) is 5.92 Å². The SMILES string of the molecule is CCC(C)C(=O)NC1CCC(=O)NC1=O. The van der Waals surface area contributed by atoms with E-state index in [1.807, 2.05) is 6.92 Å². The van der Waals surface area contributed by atoms with Crippen molar-refractivity contribution in [1.82, 2.24) is 10.6 Å². The second kappa shape index (κ2) is 4.91. The Morgan fingerprint density at radius 2 is 2.27 bits per heavy atom. The Labute approximate surface area is 88.6 Å². The molecular formula is C10H16N2O3. The number of nitrogens with one attached hydrogen (secondary N) is 2. The zero-order valence-corrected chi connectivity index (χ0v) is 9.00. The van der Waals surface area contributed by atoms with Crippen LogP contribution in [0.3, 0.4) is 0 Å². The van der Waals surface area contributed by atoms with Gasteiger partial charge in [-0.15, -0.1) is 0 Å². The van der Waals surface area contributed by atoms with Gasteiger partial charge in [0.25, 0.3) is 0 Å². The first-order valence-corrected chi connectivity index (χ1v) is 5.18. The number of rotatable bonds is 3. The minimum atomic E-state index is -0.552. The van der Waals surface area contributed by atoms with E-state index in [4.69, 9.17) is 0 Å². The van der Waals surface area contributed by atoms with Crippen LogP contribution in [0.25, 0.3) is 0 Å². The summed E-state index contributed by atoms with van der Waals surface area (Å²) in [5.41, 5.74) is 0. The molecule has 3 amide bonds. The molecule has 0 aromatic carbocycles. The minimum absolute atomic E-state index is 0.101. The van der Waals surface area contributed by atoms with Crippen LogP contribution in [0.1, 0.15) is 33.1 Å². The van der Waals surface area contributed by atoms with E-state index >= 15 is 0 Å². The van der Waals surface area contributed by atoms with Crippen molar-refractivity contribution in [3.63, 3.8) is 0 Å². The van der Waals surface area contributed by atoms with Crippen molar-refractivity contribution in [2.45, 2.75) is 39.2 Å². The number of hydrogen-bond donors (Lipinski definition) is 2. The van der Waals surface area contributed by atoms with Gasteiger partial charge in [-0.1, -0.05) is 13.8 Å². The molecule has 0 radical (unpaired) electrons. The van der Waals surface area contributed by atoms with E-state index in [0.717, 1.165) is 6.42 Å². The van der Waals surface area contributed by atoms with Gasteiger partial charge < -0.3 is 5.32 Å². The summed E-state index contributed by atoms with van der Waals surface area (Å²) in [6.07, 6.45) is 1.42. The van der Waals surface area contributed by atoms with Crippen LogP contribution in [-0.4, -0.2) is 23.8 Å². The largest absolute Gasteiger partial charge is 0.344 e. The number of hydrogen-bond acceptors (Lipinski definition) is 3. The fourth-order valence-electron chi connectivity index (χ4n) is 1.33. The number of imide groups is 1. The molecule has 1 saturated heterocycles. The van der Waals surface area contributed by atoms with Crippen LogP contribution >= 0.6 is 0 Å². The average Bonchev–Trinajstić information content (AvgIpc) is 2.20. The molecule has 1 fully saturated rings. The smallest absolute Gasteiger partial charge is 0.249 e. The summed E-state index contributed by atoms with van der Waals surface area (Å²) in [4.78, 5) is 33.6. The first-order valence-electron chi connectivity index (χ1n) is 5.18. The fourth-order valence-corrected chi connectivity index (χ4v) is 1.33. The van der Waals surface area contributed by atoms with Gasteiger partial charge in [0.15, 0.2) is 0 Å². The van der Waals surface area contributed by atoms with Crippen molar-refractivity contribution in [2.75, 3.05) is 0 Å². The van der Waals surface area contributed by atoms with Crippen molar-refractivity contribution in [3.05, 3.63) is 0 Å². The van der Waals surface area contributed by atoms with E-state index in [0.29, 0.717) is 6.42 Å². The molecule has 1 aliphatic heterocycles. The molecule has 1 rings (SSSR count). The molecule has 1 heterocycles. The van der Waals surface area contributed by atoms with Crippen molar-refractivity contribution < 1.29 is 14.4 Å². The Kier molecular flexibility index (Phi) is 3.82. The summed E-state index contributed by atoms with van der Waals surface area (Å²) in [6.45, 7) is 3.72. The molecule has 5 nitrogen and oxygen atoms in total. The van der Waals surface area contributed by atoms with Crippen LogP contribution in [0.15, 0.2) is 0 Å². The van der Waals surface area contributed by atoms with Crippen LogP contribution in [0.2, 0.25) is 0 Å². The highest BCUT2D eigenvalue weighted by Crippen LogP contribution is 2.07. The Hall–Kier alpha value is -1.39. The predicted molar refractivity (Wildman–Crippen MR) is 53.8 cm³/mol. The summed E-state index contributed by atoms with van der Waals surface area (Å²) in [6, 6.07) is -0.552. The molecular weight excluding hydrogens is 196 g/mol. The first-order chi connectivity index (χ1) is 7.04. The van der Waals surface area contributed by atoms with Crippen LogP contribution in [-0.2, 0) is 14.4 Å². The average molecular weight is 212 g/mol. The van der Waals surface area contributed by atoms with Gasteiger partial charge in [0.1, 0.15) is 6.04 Å². The fraction of sp³-hybridized carbons (Fsp3) is 0.700. The van der Waals surface area contributed by atoms with Gasteiger partial charge in [-0.3, -0.25) is 19.7 Å². The summed E-state index contributed by atoms with van der Waals surface area (Å²) >= 11 is 0. The number of carbonyl (C=O) groups excluding carboxylic acids is 3. The predicted octanol–water partition coefficient (Wildman–Crippen LogP) is -0.0461. The van der Waals surface area contributed by atoms with Crippen LogP contribution < -0.4 is 10.6 Å². The minimum Gasteiger partial charge on any atom is -0.344 e. The maximum atomic E-state index is 11.5. The highest BCUT2D eigenvalue weighted by atomic mass is 16.2. The van der Waals surface area contributed by atoms with Gasteiger partial charge in [-0.2, -0.15) is 0 Å². The molecule has 2 atom stereocenters. The molecule has 5 heteroatoms. The van der Waals surface area contributed by atoms with Gasteiger partial charge in [0.05, 0.1) is 0 Å². The zero-order chi connectivity index (χ0) is 11.4. The molecule has 2 unspecified atom stereocenters. The molecule has 1 aliphatic rings. The number of piperidine rings is 1. The first kappa shape index (κ1) is 11.7. The van der Waals surface area contributed by atoms with E-state index in [1.54, 1.807) is 6.92 Å². The normalized spacial score (nSPS) is 23.2. The van der Waals surface area contributed by atoms with Gasteiger partial charge in [0, 0.05) is 12.3 Å². The standard InChI is InChI=1S/C10H16N2O3/c1-3-6(2)9(14)11-7-4-5-8(13)12-10(7)15/h6-7H,3-5H2,1-2H3,(H,11,14)(H,12,13,15). The summed E-state index contributed by atoms with van der Waals surface area (Å²) in [5.74, 6) is -0.903. The molecule has 0 aliphatic carbocycles. The monoisotopic (exact) mass is 212 g/mol. The van der Waals surface area contributed by atoms with Crippen LogP contribution in [0.4, 0.5) is 0 Å². The molecule has 0 aromatic rings. The summed E-state index contributed by atoms with van der Waals surface area (Å²) in [5, 5.41) is 4.84. The lowest BCUT2D eigenvalue weighted by Gasteiger charge is -2.23. The topological polar surface area (TPSA) is 75.3 Å². The second-order valence-electron chi connectivity index (χ2n) is 3.82. The van der Waals surface area contributed by atoms with Gasteiger partial charge in [-0.25, -0.2) is 0 Å². The Morgan fingerprint density at radius 1 is 1.60 bits per heavy atom. The summed E-state index contributed by atoms with van der Waals surface area (Å²) < 4.78 is 0. The molecule has 2 N–H and O–H groups in total. The lowest BCUT2D eigenvalue weighted by Crippen LogP contribution is -2.53. The van der Waals surface area contributed by atoms with E-state index in [1.165, 1.54) is 0 Å². The third-order valence-corrected chi connectivity index (χ3v) is 2.62. The third kappa shape index (κ3) is 3.04. The zero-order valence-electron chi connectivity index (χ0n) is 9.00. The Morgan fingerprint density at radius 3 is 2.80 bits per heavy atom. The second-order valence-corrected chi connectivity index (χ2v) is 3.82. The maximum Gasteiger partial charge on any atom is 0.249 e. The molecule has 15 heavy (non-hydrogen) atoms. The number of amides is 3. The Bertz CT molecular complexity index is 288. The maximum absolute atomic E-state index is 11.5. The highest BCUT2D eigenvalue weighted by molar-refractivity contribution is 6.01. The lowest BCUT2D eigenvalue weighted by atomic mass is 10.0. The van der Waals surface area contributed by atoms with Crippen molar-refractivity contribution >= 4 is 17.7 Å². The quantitative estimate of drug-likeness (QED) is 0.644. The molecule has 0 saturated carbocycles. The van der Waals surface area contributed by atoms with Crippen molar-refractivity contribution in [1.29, 1.82) is 0 Å². The molecule has 0 spiro atoms. The molecule has 84 valence electrons. The molecule has 0 bridgehead atoms. The van der Waals surface area contributed by atoms with E-state index in [9.17, 15) is 14.4 Å². The van der Waals surface area contributed by atoms with E-state index < -0.39 is 11.9 Å². The van der Waals surface area contributed by atoms with Gasteiger partial charge in [0.2, 0.25) is 17.7 Å². The van der Waals surface area contributed by atoms with E-state index in [2.05, 4.69) is 10.6 Å². The van der Waals surface area contributed by atoms with Crippen molar-refractivity contribution in [2.24, 2.45) is 5.92 Å². The highest BCUT2D eigenvalue weighted by Gasteiger charge is 2.28. The number of carbonyl (C=O) groups is 3. The molecule has 0 aromatic heterocycles. The van der Waals surface area contributed by atoms with Gasteiger partial charge >= 0.3 is 0 Å². The lowest BCUT2D eigenvalue weighted by molar-refractivity contribution is -0.138. The van der Waals surface area contributed by atoms with Gasteiger partial charge in [-0.05, 0) is 12.8 Å². The summed E-state index contributed by atoms with van der Waals surface area (Å²) in [7, 11) is 0. The van der Waals surface area contributed by atoms with Crippen LogP contribution in [0.5, 0.6) is 0 Å². The third-order valence-electron chi connectivity index (χ3n) is 2.62. The van der Waals surface area contributed by atoms with Crippen molar-refractivity contribution in [3.8, 4) is 0 Å². The Balaban J connectivity index is 2.48. The van der Waals surface area contributed by atoms with E-state index in [-0.39, 0.29) is 24.2 Å².